The van der Waals surface area contributed by atoms with Gasteiger partial charge >= 0.3 is 0 Å². The molecular weight excluding hydrogens is 233 g/mol. The molecule has 0 aliphatic heterocycles. The van der Waals surface area contributed by atoms with Crippen LogP contribution in [0, 0.1) is 11.7 Å². The second-order valence-corrected chi connectivity index (χ2v) is 5.09. The van der Waals surface area contributed by atoms with Crippen molar-refractivity contribution in [2.75, 3.05) is 18.5 Å². The van der Waals surface area contributed by atoms with Crippen LogP contribution >= 0.6 is 0 Å². The number of benzene rings is 1. The molecule has 1 saturated carbocycles. The number of rotatable bonds is 3. The first-order valence-electron chi connectivity index (χ1n) is 6.16. The normalized spacial score (nSPS) is 23.1. The average molecular weight is 249 g/mol. The van der Waals surface area contributed by atoms with Crippen LogP contribution in [0.5, 0.6) is 0 Å². The molecule has 0 unspecified atom stereocenters. The SMILES string of the molecule is CN(CC1CC(O)C1)c1nc2ccc(F)cc2[nH]1. The molecule has 1 aromatic heterocycles. The molecule has 1 aliphatic carbocycles. The number of halogens is 1. The standard InChI is InChI=1S/C13H16FN3O/c1-17(7-8-4-10(18)5-8)13-15-11-3-2-9(14)6-12(11)16-13/h2-3,6,8,10,18H,4-5,7H2,1H3,(H,15,16). The van der Waals surface area contributed by atoms with E-state index in [9.17, 15) is 9.50 Å². The molecule has 2 aromatic rings. The van der Waals surface area contributed by atoms with Crippen LogP contribution in [-0.4, -0.2) is 34.8 Å². The number of aromatic amines is 1. The van der Waals surface area contributed by atoms with Crippen LogP contribution in [0.1, 0.15) is 12.8 Å². The summed E-state index contributed by atoms with van der Waals surface area (Å²) in [4.78, 5) is 9.56. The average Bonchev–Trinajstić information content (AvgIpc) is 2.69. The zero-order valence-corrected chi connectivity index (χ0v) is 10.2. The molecule has 96 valence electrons. The number of anilines is 1. The highest BCUT2D eigenvalue weighted by atomic mass is 19.1. The lowest BCUT2D eigenvalue weighted by Gasteiger charge is -2.34. The molecule has 2 N–H and O–H groups in total. The maximum Gasteiger partial charge on any atom is 0.203 e. The molecule has 0 radical (unpaired) electrons. The minimum absolute atomic E-state index is 0.131. The summed E-state index contributed by atoms with van der Waals surface area (Å²) in [5.41, 5.74) is 1.48. The van der Waals surface area contributed by atoms with Crippen LogP contribution in [0.4, 0.5) is 10.3 Å². The van der Waals surface area contributed by atoms with Crippen molar-refractivity contribution in [1.82, 2.24) is 9.97 Å². The third-order valence-electron chi connectivity index (χ3n) is 3.54. The fourth-order valence-corrected chi connectivity index (χ4v) is 2.47. The number of aliphatic hydroxyl groups excluding tert-OH is 1. The van der Waals surface area contributed by atoms with E-state index < -0.39 is 0 Å². The maximum atomic E-state index is 13.1. The second kappa shape index (κ2) is 4.24. The summed E-state index contributed by atoms with van der Waals surface area (Å²) in [7, 11) is 1.96. The van der Waals surface area contributed by atoms with E-state index in [1.807, 2.05) is 11.9 Å². The lowest BCUT2D eigenvalue weighted by atomic mass is 9.82. The lowest BCUT2D eigenvalue weighted by Crippen LogP contribution is -2.37. The molecule has 4 nitrogen and oxygen atoms in total. The number of H-pyrrole nitrogens is 1. The summed E-state index contributed by atoms with van der Waals surface area (Å²) in [5, 5.41) is 9.26. The summed E-state index contributed by atoms with van der Waals surface area (Å²) in [6, 6.07) is 4.54. The summed E-state index contributed by atoms with van der Waals surface area (Å²) in [6.07, 6.45) is 1.59. The molecule has 0 amide bonds. The third-order valence-corrected chi connectivity index (χ3v) is 3.54. The monoisotopic (exact) mass is 249 g/mol. The van der Waals surface area contributed by atoms with Crippen molar-refractivity contribution in [2.24, 2.45) is 5.92 Å². The fraction of sp³-hybridized carbons (Fsp3) is 0.462. The Morgan fingerprint density at radius 3 is 3.00 bits per heavy atom. The van der Waals surface area contributed by atoms with Crippen molar-refractivity contribution >= 4 is 17.0 Å². The van der Waals surface area contributed by atoms with E-state index in [1.165, 1.54) is 12.1 Å². The van der Waals surface area contributed by atoms with E-state index in [2.05, 4.69) is 9.97 Å². The van der Waals surface area contributed by atoms with Crippen molar-refractivity contribution < 1.29 is 9.50 Å². The van der Waals surface area contributed by atoms with Gasteiger partial charge in [-0.1, -0.05) is 0 Å². The van der Waals surface area contributed by atoms with Gasteiger partial charge in [-0.3, -0.25) is 0 Å². The molecule has 0 spiro atoms. The number of imidazole rings is 1. The zero-order valence-electron chi connectivity index (χ0n) is 10.2. The molecule has 0 saturated heterocycles. The predicted octanol–water partition coefficient (Wildman–Crippen LogP) is 1.91. The third kappa shape index (κ3) is 2.06. The van der Waals surface area contributed by atoms with Crippen LogP contribution in [0.15, 0.2) is 18.2 Å². The van der Waals surface area contributed by atoms with E-state index in [1.54, 1.807) is 6.07 Å². The number of nitrogens with one attached hydrogen (secondary N) is 1. The van der Waals surface area contributed by atoms with Gasteiger partial charge in [-0.2, -0.15) is 0 Å². The summed E-state index contributed by atoms with van der Waals surface area (Å²) in [6.45, 7) is 0.860. The van der Waals surface area contributed by atoms with Gasteiger partial charge in [-0.25, -0.2) is 9.37 Å². The Hall–Kier alpha value is -1.62. The highest BCUT2D eigenvalue weighted by molar-refractivity contribution is 5.77. The van der Waals surface area contributed by atoms with E-state index in [0.717, 1.165) is 30.9 Å². The van der Waals surface area contributed by atoms with Gasteiger partial charge in [-0.15, -0.1) is 0 Å². The number of hydrogen-bond acceptors (Lipinski definition) is 3. The maximum absolute atomic E-state index is 13.1. The Kier molecular flexibility index (Phi) is 2.70. The highest BCUT2D eigenvalue weighted by Crippen LogP contribution is 2.28. The molecular formula is C13H16FN3O. The first-order chi connectivity index (χ1) is 8.61. The van der Waals surface area contributed by atoms with Gasteiger partial charge in [0.1, 0.15) is 5.82 Å². The van der Waals surface area contributed by atoms with Gasteiger partial charge in [0.15, 0.2) is 0 Å². The summed E-state index contributed by atoms with van der Waals surface area (Å²) >= 11 is 0. The minimum Gasteiger partial charge on any atom is -0.393 e. The molecule has 1 aliphatic rings. The minimum atomic E-state index is -0.262. The van der Waals surface area contributed by atoms with E-state index in [0.29, 0.717) is 11.4 Å². The molecule has 5 heteroatoms. The van der Waals surface area contributed by atoms with Crippen LogP contribution in [0.25, 0.3) is 11.0 Å². The van der Waals surface area contributed by atoms with Crippen LogP contribution in [0.2, 0.25) is 0 Å². The Morgan fingerprint density at radius 2 is 2.28 bits per heavy atom. The number of aliphatic hydroxyl groups is 1. The highest BCUT2D eigenvalue weighted by Gasteiger charge is 2.28. The van der Waals surface area contributed by atoms with Crippen molar-refractivity contribution in [2.45, 2.75) is 18.9 Å². The predicted molar refractivity (Wildman–Crippen MR) is 68.1 cm³/mol. The number of fused-ring (bicyclic) bond motifs is 1. The zero-order chi connectivity index (χ0) is 12.7. The Morgan fingerprint density at radius 1 is 1.50 bits per heavy atom. The molecule has 0 bridgehead atoms. The molecule has 1 aromatic carbocycles. The van der Waals surface area contributed by atoms with Crippen molar-refractivity contribution in [3.63, 3.8) is 0 Å². The van der Waals surface area contributed by atoms with Crippen molar-refractivity contribution in [1.29, 1.82) is 0 Å². The smallest absolute Gasteiger partial charge is 0.203 e. The number of aromatic nitrogens is 2. The van der Waals surface area contributed by atoms with Crippen molar-refractivity contribution in [3.8, 4) is 0 Å². The largest absolute Gasteiger partial charge is 0.393 e. The van der Waals surface area contributed by atoms with Gasteiger partial charge in [0.05, 0.1) is 17.1 Å². The van der Waals surface area contributed by atoms with Crippen molar-refractivity contribution in [3.05, 3.63) is 24.0 Å². The van der Waals surface area contributed by atoms with Gasteiger partial charge in [-0.05, 0) is 37.0 Å². The van der Waals surface area contributed by atoms with Gasteiger partial charge in [0.2, 0.25) is 5.95 Å². The molecule has 3 rings (SSSR count). The summed E-state index contributed by atoms with van der Waals surface area (Å²) in [5.74, 6) is 1.01. The fourth-order valence-electron chi connectivity index (χ4n) is 2.47. The molecule has 0 atom stereocenters. The number of hydrogen-bond donors (Lipinski definition) is 2. The second-order valence-electron chi connectivity index (χ2n) is 5.09. The van der Waals surface area contributed by atoms with Crippen LogP contribution < -0.4 is 4.90 Å². The van der Waals surface area contributed by atoms with Gasteiger partial charge < -0.3 is 15.0 Å². The Balaban J connectivity index is 1.76. The van der Waals surface area contributed by atoms with E-state index >= 15 is 0 Å². The van der Waals surface area contributed by atoms with Crippen LogP contribution in [0.3, 0.4) is 0 Å². The first kappa shape index (κ1) is 11.5. The number of nitrogens with zero attached hydrogens (tertiary/aromatic N) is 2. The molecule has 18 heavy (non-hydrogen) atoms. The Bertz CT molecular complexity index is 562. The van der Waals surface area contributed by atoms with Gasteiger partial charge in [0.25, 0.3) is 0 Å². The molecule has 1 fully saturated rings. The topological polar surface area (TPSA) is 52.1 Å². The van der Waals surface area contributed by atoms with Crippen LogP contribution in [-0.2, 0) is 0 Å². The van der Waals surface area contributed by atoms with E-state index in [-0.39, 0.29) is 11.9 Å². The molecule has 1 heterocycles. The Labute approximate surface area is 104 Å². The van der Waals surface area contributed by atoms with Gasteiger partial charge in [0, 0.05) is 13.6 Å². The lowest BCUT2D eigenvalue weighted by molar-refractivity contribution is 0.0464. The quantitative estimate of drug-likeness (QED) is 0.873. The van der Waals surface area contributed by atoms with E-state index in [4.69, 9.17) is 0 Å². The first-order valence-corrected chi connectivity index (χ1v) is 6.16. The summed E-state index contributed by atoms with van der Waals surface area (Å²) < 4.78 is 13.1.